The fraction of sp³-hybridized carbons (Fsp3) is 0.500. The molecule has 0 radical (unpaired) electrons. The summed E-state index contributed by atoms with van der Waals surface area (Å²) in [7, 11) is 2.12. The average molecular weight is 208 g/mol. The second-order valence-corrected chi connectivity index (χ2v) is 4.31. The predicted octanol–water partition coefficient (Wildman–Crippen LogP) is 1.54. The van der Waals surface area contributed by atoms with E-state index >= 15 is 0 Å². The van der Waals surface area contributed by atoms with Gasteiger partial charge < -0.3 is 5.32 Å². The first-order chi connectivity index (χ1) is 7.16. The van der Waals surface area contributed by atoms with Crippen LogP contribution in [-0.2, 0) is 6.54 Å². The Morgan fingerprint density at radius 2 is 2.20 bits per heavy atom. The third kappa shape index (κ3) is 2.36. The Morgan fingerprint density at radius 1 is 1.47 bits per heavy atom. The molecular weight excluding hydrogens is 191 g/mol. The number of nitrogens with one attached hydrogen (secondary N) is 1. The highest BCUT2D eigenvalue weighted by Crippen LogP contribution is 2.13. The van der Waals surface area contributed by atoms with Crippen molar-refractivity contribution >= 4 is 0 Å². The van der Waals surface area contributed by atoms with E-state index in [4.69, 9.17) is 0 Å². The van der Waals surface area contributed by atoms with Gasteiger partial charge in [-0.1, -0.05) is 12.1 Å². The zero-order valence-electron chi connectivity index (χ0n) is 9.26. The van der Waals surface area contributed by atoms with Gasteiger partial charge in [0.05, 0.1) is 0 Å². The van der Waals surface area contributed by atoms with E-state index < -0.39 is 0 Å². The average Bonchev–Trinajstić information content (AvgIpc) is 2.08. The maximum absolute atomic E-state index is 13.0. The van der Waals surface area contributed by atoms with Gasteiger partial charge in [-0.2, -0.15) is 0 Å². The summed E-state index contributed by atoms with van der Waals surface area (Å²) in [6, 6.07) is 5.98. The molecule has 82 valence electrons. The lowest BCUT2D eigenvalue weighted by molar-refractivity contribution is 0.173. The number of aryl methyl sites for hydroxylation is 1. The predicted molar refractivity (Wildman–Crippen MR) is 59.3 cm³/mol. The summed E-state index contributed by atoms with van der Waals surface area (Å²) in [6.45, 7) is 4.84. The maximum Gasteiger partial charge on any atom is 0.126 e. The van der Waals surface area contributed by atoms with Crippen LogP contribution in [0.4, 0.5) is 4.39 Å². The molecule has 1 fully saturated rings. The van der Waals surface area contributed by atoms with Crippen LogP contribution in [0.3, 0.4) is 0 Å². The van der Waals surface area contributed by atoms with Gasteiger partial charge in [0, 0.05) is 25.7 Å². The topological polar surface area (TPSA) is 15.3 Å². The Balaban J connectivity index is 2.00. The van der Waals surface area contributed by atoms with Crippen LogP contribution in [0.1, 0.15) is 11.1 Å². The molecule has 0 bridgehead atoms. The summed E-state index contributed by atoms with van der Waals surface area (Å²) < 4.78 is 13.0. The lowest BCUT2D eigenvalue weighted by Crippen LogP contribution is -2.55. The highest BCUT2D eigenvalue weighted by molar-refractivity contribution is 5.23. The van der Waals surface area contributed by atoms with Gasteiger partial charge in [0.1, 0.15) is 5.82 Å². The molecule has 1 aliphatic heterocycles. The molecule has 0 aliphatic carbocycles. The van der Waals surface area contributed by atoms with Gasteiger partial charge in [0.15, 0.2) is 0 Å². The molecule has 1 saturated heterocycles. The van der Waals surface area contributed by atoms with Crippen molar-refractivity contribution in [2.24, 2.45) is 0 Å². The van der Waals surface area contributed by atoms with Crippen molar-refractivity contribution in [3.8, 4) is 0 Å². The third-order valence-electron chi connectivity index (χ3n) is 3.04. The smallest absolute Gasteiger partial charge is 0.126 e. The van der Waals surface area contributed by atoms with Gasteiger partial charge in [-0.15, -0.1) is 0 Å². The Bertz CT molecular complexity index is 347. The highest BCUT2D eigenvalue weighted by Gasteiger charge is 2.21. The molecule has 1 aromatic carbocycles. The van der Waals surface area contributed by atoms with Gasteiger partial charge in [-0.3, -0.25) is 4.90 Å². The number of benzene rings is 1. The summed E-state index contributed by atoms with van der Waals surface area (Å²) in [5.41, 5.74) is 1.91. The van der Waals surface area contributed by atoms with Crippen molar-refractivity contribution in [1.82, 2.24) is 10.2 Å². The maximum atomic E-state index is 13.0. The lowest BCUT2D eigenvalue weighted by Gasteiger charge is -2.35. The van der Waals surface area contributed by atoms with Crippen molar-refractivity contribution in [3.63, 3.8) is 0 Å². The van der Waals surface area contributed by atoms with E-state index in [0.29, 0.717) is 6.04 Å². The van der Waals surface area contributed by atoms with E-state index in [1.165, 1.54) is 5.56 Å². The first-order valence-electron chi connectivity index (χ1n) is 5.33. The number of hydrogen-bond donors (Lipinski definition) is 1. The number of halogens is 1. The van der Waals surface area contributed by atoms with E-state index in [1.54, 1.807) is 6.07 Å². The molecule has 1 aliphatic rings. The second kappa shape index (κ2) is 4.29. The summed E-state index contributed by atoms with van der Waals surface area (Å²) in [5, 5.41) is 3.25. The van der Waals surface area contributed by atoms with Crippen LogP contribution in [-0.4, -0.2) is 31.1 Å². The summed E-state index contributed by atoms with van der Waals surface area (Å²) in [6.07, 6.45) is 0. The zero-order chi connectivity index (χ0) is 10.8. The third-order valence-corrected chi connectivity index (χ3v) is 3.04. The summed E-state index contributed by atoms with van der Waals surface area (Å²) in [4.78, 5) is 2.31. The Hall–Kier alpha value is -0.930. The van der Waals surface area contributed by atoms with E-state index in [1.807, 2.05) is 19.1 Å². The fourth-order valence-corrected chi connectivity index (χ4v) is 1.81. The summed E-state index contributed by atoms with van der Waals surface area (Å²) in [5.74, 6) is -0.119. The molecule has 1 N–H and O–H groups in total. The molecule has 2 nitrogen and oxygen atoms in total. The monoisotopic (exact) mass is 208 g/mol. The van der Waals surface area contributed by atoms with Crippen LogP contribution in [0.25, 0.3) is 0 Å². The van der Waals surface area contributed by atoms with Crippen molar-refractivity contribution in [2.75, 3.05) is 20.1 Å². The molecule has 2 rings (SSSR count). The van der Waals surface area contributed by atoms with Crippen LogP contribution < -0.4 is 5.32 Å². The molecule has 0 aromatic heterocycles. The highest BCUT2D eigenvalue weighted by atomic mass is 19.1. The molecule has 0 unspecified atom stereocenters. The second-order valence-electron chi connectivity index (χ2n) is 4.31. The van der Waals surface area contributed by atoms with Gasteiger partial charge in [-0.25, -0.2) is 4.39 Å². The van der Waals surface area contributed by atoms with Crippen molar-refractivity contribution in [3.05, 3.63) is 35.1 Å². The Kier molecular flexibility index (Phi) is 3.03. The van der Waals surface area contributed by atoms with E-state index in [9.17, 15) is 4.39 Å². The van der Waals surface area contributed by atoms with Gasteiger partial charge in [0.2, 0.25) is 0 Å². The SMILES string of the molecule is Cc1cc(CN(C)C2CNC2)ccc1F. The van der Waals surface area contributed by atoms with Gasteiger partial charge >= 0.3 is 0 Å². The fourth-order valence-electron chi connectivity index (χ4n) is 1.81. The van der Waals surface area contributed by atoms with Gasteiger partial charge in [0.25, 0.3) is 0 Å². The quantitative estimate of drug-likeness (QED) is 0.810. The first-order valence-corrected chi connectivity index (χ1v) is 5.33. The Labute approximate surface area is 90.1 Å². The first kappa shape index (κ1) is 10.6. The normalized spacial score (nSPS) is 16.8. The van der Waals surface area contributed by atoms with Crippen LogP contribution in [0.5, 0.6) is 0 Å². The molecule has 3 heteroatoms. The largest absolute Gasteiger partial charge is 0.314 e. The summed E-state index contributed by atoms with van der Waals surface area (Å²) >= 11 is 0. The molecular formula is C12H17FN2. The lowest BCUT2D eigenvalue weighted by atomic mass is 10.1. The minimum Gasteiger partial charge on any atom is -0.314 e. The number of rotatable bonds is 3. The number of likely N-dealkylation sites (N-methyl/N-ethyl adjacent to an activating group) is 1. The standard InChI is InChI=1S/C12H17FN2/c1-9-5-10(3-4-12(9)13)8-15(2)11-6-14-7-11/h3-5,11,14H,6-8H2,1-2H3. The van der Waals surface area contributed by atoms with E-state index in [-0.39, 0.29) is 5.82 Å². The molecule has 1 aromatic rings. The van der Waals surface area contributed by atoms with E-state index in [2.05, 4.69) is 17.3 Å². The van der Waals surface area contributed by atoms with Crippen molar-refractivity contribution in [1.29, 1.82) is 0 Å². The molecule has 0 atom stereocenters. The number of hydrogen-bond acceptors (Lipinski definition) is 2. The van der Waals surface area contributed by atoms with Crippen LogP contribution in [0.15, 0.2) is 18.2 Å². The van der Waals surface area contributed by atoms with Crippen LogP contribution in [0.2, 0.25) is 0 Å². The minimum atomic E-state index is -0.119. The van der Waals surface area contributed by atoms with E-state index in [0.717, 1.165) is 25.2 Å². The number of nitrogens with zero attached hydrogens (tertiary/aromatic N) is 1. The Morgan fingerprint density at radius 3 is 2.73 bits per heavy atom. The minimum absolute atomic E-state index is 0.119. The molecule has 15 heavy (non-hydrogen) atoms. The van der Waals surface area contributed by atoms with Crippen molar-refractivity contribution in [2.45, 2.75) is 19.5 Å². The molecule has 0 spiro atoms. The van der Waals surface area contributed by atoms with Gasteiger partial charge in [-0.05, 0) is 31.2 Å². The molecule has 0 saturated carbocycles. The van der Waals surface area contributed by atoms with Crippen LogP contribution in [0, 0.1) is 12.7 Å². The zero-order valence-corrected chi connectivity index (χ0v) is 9.26. The molecule has 1 heterocycles. The molecule has 0 amide bonds. The van der Waals surface area contributed by atoms with Crippen LogP contribution >= 0.6 is 0 Å². The van der Waals surface area contributed by atoms with Crippen molar-refractivity contribution < 1.29 is 4.39 Å².